The van der Waals surface area contributed by atoms with Crippen LogP contribution in [0.4, 0.5) is 0 Å². The quantitative estimate of drug-likeness (QED) is 0.330. The van der Waals surface area contributed by atoms with E-state index in [2.05, 4.69) is 15.9 Å². The van der Waals surface area contributed by atoms with Gasteiger partial charge in [-0.3, -0.25) is 9.59 Å². The fraction of sp³-hybridized carbons (Fsp3) is 0.333. The topological polar surface area (TPSA) is 66.8 Å². The molecule has 1 amide bonds. The molecule has 1 aliphatic heterocycles. The van der Waals surface area contributed by atoms with Gasteiger partial charge in [0.1, 0.15) is 11.5 Å². The summed E-state index contributed by atoms with van der Waals surface area (Å²) in [5.41, 5.74) is 1.34. The molecule has 1 aliphatic rings. The smallest absolute Gasteiger partial charge is 0.295 e. The molecular weight excluding hydrogens is 446 g/mol. The number of likely N-dealkylation sites (tertiary alicyclic amines) is 1. The number of aliphatic hydroxyl groups is 1. The number of rotatable bonds is 7. The van der Waals surface area contributed by atoms with Crippen molar-refractivity contribution in [3.8, 4) is 5.75 Å². The Morgan fingerprint density at radius 1 is 1.17 bits per heavy atom. The minimum Gasteiger partial charge on any atom is -0.507 e. The normalized spacial score (nSPS) is 18.3. The zero-order chi connectivity index (χ0) is 21.8. The molecule has 1 atom stereocenters. The number of Topliss-reactive ketones (excluding diaryl/α,β-unsaturated/α-hetero) is 1. The molecule has 6 heteroatoms. The van der Waals surface area contributed by atoms with Crippen LogP contribution < -0.4 is 4.74 Å². The summed E-state index contributed by atoms with van der Waals surface area (Å²) in [5.74, 6) is -0.749. The van der Waals surface area contributed by atoms with E-state index in [1.165, 1.54) is 0 Å². The number of halogens is 1. The van der Waals surface area contributed by atoms with Crippen LogP contribution in [0.5, 0.6) is 5.75 Å². The molecule has 1 heterocycles. The van der Waals surface area contributed by atoms with Crippen molar-refractivity contribution in [2.45, 2.75) is 45.8 Å². The van der Waals surface area contributed by atoms with E-state index in [4.69, 9.17) is 4.74 Å². The van der Waals surface area contributed by atoms with Crippen LogP contribution in [0.15, 0.2) is 58.6 Å². The Morgan fingerprint density at radius 3 is 2.50 bits per heavy atom. The summed E-state index contributed by atoms with van der Waals surface area (Å²) in [6.07, 6.45) is 1.65. The molecule has 0 saturated carbocycles. The van der Waals surface area contributed by atoms with Crippen LogP contribution in [0.2, 0.25) is 0 Å². The van der Waals surface area contributed by atoms with Crippen molar-refractivity contribution in [2.24, 2.45) is 0 Å². The molecule has 2 aromatic carbocycles. The molecule has 1 unspecified atom stereocenters. The van der Waals surface area contributed by atoms with E-state index in [0.29, 0.717) is 17.9 Å². The zero-order valence-electron chi connectivity index (χ0n) is 17.4. The van der Waals surface area contributed by atoms with E-state index in [9.17, 15) is 14.7 Å². The number of carbonyl (C=O) groups excluding carboxylic acids is 2. The Bertz CT molecular complexity index is 965. The molecule has 1 N–H and O–H groups in total. The molecule has 1 fully saturated rings. The second-order valence-corrected chi connectivity index (χ2v) is 8.51. The Hall–Kier alpha value is -2.60. The third kappa shape index (κ3) is 4.59. The first kappa shape index (κ1) is 22.1. The number of hydrogen-bond acceptors (Lipinski definition) is 4. The van der Waals surface area contributed by atoms with Gasteiger partial charge in [-0.25, -0.2) is 0 Å². The standard InChI is InChI=1S/C24H26BrNO4/c1-4-5-13-26-21(17-7-6-8-19(14-17)30-15(2)3)20(23(28)24(26)29)22(27)16-9-11-18(25)12-10-16/h6-12,14-15,21,27H,4-5,13H2,1-3H3/b22-20-. The van der Waals surface area contributed by atoms with Crippen LogP contribution in [-0.2, 0) is 9.59 Å². The molecule has 0 aliphatic carbocycles. The SMILES string of the molecule is CCCCN1C(=O)C(=O)/C(=C(\O)c2ccc(Br)cc2)C1c1cccc(OC(C)C)c1. The van der Waals surface area contributed by atoms with Crippen LogP contribution in [-0.4, -0.2) is 34.3 Å². The molecule has 3 rings (SSSR count). The fourth-order valence-corrected chi connectivity index (χ4v) is 3.84. The summed E-state index contributed by atoms with van der Waals surface area (Å²) in [6, 6.07) is 13.7. The van der Waals surface area contributed by atoms with E-state index < -0.39 is 17.7 Å². The van der Waals surface area contributed by atoms with Gasteiger partial charge in [-0.15, -0.1) is 0 Å². The zero-order valence-corrected chi connectivity index (χ0v) is 19.0. The largest absolute Gasteiger partial charge is 0.507 e. The molecule has 0 spiro atoms. The van der Waals surface area contributed by atoms with E-state index in [1.54, 1.807) is 29.2 Å². The average molecular weight is 472 g/mol. The predicted molar refractivity (Wildman–Crippen MR) is 120 cm³/mol. The summed E-state index contributed by atoms with van der Waals surface area (Å²) < 4.78 is 6.66. The monoisotopic (exact) mass is 471 g/mol. The first-order chi connectivity index (χ1) is 14.3. The maximum absolute atomic E-state index is 13.0. The average Bonchev–Trinajstić information content (AvgIpc) is 2.96. The number of amides is 1. The Morgan fingerprint density at radius 2 is 1.87 bits per heavy atom. The van der Waals surface area contributed by atoms with Gasteiger partial charge < -0.3 is 14.7 Å². The van der Waals surface area contributed by atoms with Crippen LogP contribution in [0.25, 0.3) is 5.76 Å². The number of ether oxygens (including phenoxy) is 1. The summed E-state index contributed by atoms with van der Waals surface area (Å²) in [6.45, 7) is 6.35. The highest BCUT2D eigenvalue weighted by Crippen LogP contribution is 2.40. The van der Waals surface area contributed by atoms with Gasteiger partial charge in [-0.1, -0.05) is 53.5 Å². The van der Waals surface area contributed by atoms with Gasteiger partial charge in [0.05, 0.1) is 17.7 Å². The van der Waals surface area contributed by atoms with Crippen molar-refractivity contribution >= 4 is 33.4 Å². The molecule has 5 nitrogen and oxygen atoms in total. The molecule has 0 aromatic heterocycles. The second kappa shape index (κ2) is 9.47. The third-order valence-electron chi connectivity index (χ3n) is 4.96. The summed E-state index contributed by atoms with van der Waals surface area (Å²) in [4.78, 5) is 27.4. The number of unbranched alkanes of at least 4 members (excludes halogenated alkanes) is 1. The van der Waals surface area contributed by atoms with Crippen molar-refractivity contribution in [3.63, 3.8) is 0 Å². The van der Waals surface area contributed by atoms with Crippen molar-refractivity contribution < 1.29 is 19.4 Å². The van der Waals surface area contributed by atoms with E-state index >= 15 is 0 Å². The summed E-state index contributed by atoms with van der Waals surface area (Å²) >= 11 is 3.37. The molecule has 1 saturated heterocycles. The minimum absolute atomic E-state index is 0.00512. The lowest BCUT2D eigenvalue weighted by Crippen LogP contribution is -2.30. The molecule has 2 aromatic rings. The number of benzene rings is 2. The van der Waals surface area contributed by atoms with Crippen LogP contribution in [0.3, 0.4) is 0 Å². The highest BCUT2D eigenvalue weighted by atomic mass is 79.9. The van der Waals surface area contributed by atoms with Gasteiger partial charge in [-0.2, -0.15) is 0 Å². The molecule has 0 radical (unpaired) electrons. The van der Waals surface area contributed by atoms with Crippen molar-refractivity contribution in [1.82, 2.24) is 4.90 Å². The number of carbonyl (C=O) groups is 2. The van der Waals surface area contributed by atoms with Gasteiger partial charge in [-0.05, 0) is 50.1 Å². The molecule has 30 heavy (non-hydrogen) atoms. The maximum atomic E-state index is 13.0. The highest BCUT2D eigenvalue weighted by Gasteiger charge is 2.45. The van der Waals surface area contributed by atoms with E-state index in [-0.39, 0.29) is 17.4 Å². The lowest BCUT2D eigenvalue weighted by Gasteiger charge is -2.25. The van der Waals surface area contributed by atoms with Gasteiger partial charge in [0.2, 0.25) is 0 Å². The summed E-state index contributed by atoms with van der Waals surface area (Å²) in [7, 11) is 0. The van der Waals surface area contributed by atoms with Gasteiger partial charge in [0, 0.05) is 16.6 Å². The van der Waals surface area contributed by atoms with E-state index in [0.717, 1.165) is 22.9 Å². The third-order valence-corrected chi connectivity index (χ3v) is 5.48. The molecular formula is C24H26BrNO4. The second-order valence-electron chi connectivity index (χ2n) is 7.59. The van der Waals surface area contributed by atoms with Crippen LogP contribution in [0, 0.1) is 0 Å². The van der Waals surface area contributed by atoms with Crippen molar-refractivity contribution in [2.75, 3.05) is 6.54 Å². The minimum atomic E-state index is -0.660. The van der Waals surface area contributed by atoms with Gasteiger partial charge in [0.15, 0.2) is 0 Å². The molecule has 158 valence electrons. The fourth-order valence-electron chi connectivity index (χ4n) is 3.58. The number of ketones is 1. The van der Waals surface area contributed by atoms with Gasteiger partial charge >= 0.3 is 0 Å². The number of hydrogen-bond donors (Lipinski definition) is 1. The first-order valence-corrected chi connectivity index (χ1v) is 10.9. The lowest BCUT2D eigenvalue weighted by molar-refractivity contribution is -0.139. The Balaban J connectivity index is 2.14. The van der Waals surface area contributed by atoms with Crippen molar-refractivity contribution in [1.29, 1.82) is 0 Å². The Kier molecular flexibility index (Phi) is 6.98. The van der Waals surface area contributed by atoms with Crippen molar-refractivity contribution in [3.05, 3.63) is 69.7 Å². The van der Waals surface area contributed by atoms with Crippen LogP contribution in [0.1, 0.15) is 50.8 Å². The van der Waals surface area contributed by atoms with E-state index in [1.807, 2.05) is 45.0 Å². The highest BCUT2D eigenvalue weighted by molar-refractivity contribution is 9.10. The maximum Gasteiger partial charge on any atom is 0.295 e. The number of nitrogens with zero attached hydrogens (tertiary/aromatic N) is 1. The lowest BCUT2D eigenvalue weighted by atomic mass is 9.95. The van der Waals surface area contributed by atoms with Crippen LogP contribution >= 0.6 is 15.9 Å². The Labute approximate surface area is 185 Å². The molecule has 0 bridgehead atoms. The summed E-state index contributed by atoms with van der Waals surface area (Å²) in [5, 5.41) is 11.0. The first-order valence-electron chi connectivity index (χ1n) is 10.1. The van der Waals surface area contributed by atoms with Gasteiger partial charge in [0.25, 0.3) is 11.7 Å². The number of aliphatic hydroxyl groups excluding tert-OH is 1. The predicted octanol–water partition coefficient (Wildman–Crippen LogP) is 5.46.